The van der Waals surface area contributed by atoms with Crippen LogP contribution in [-0.2, 0) is 4.79 Å². The van der Waals surface area contributed by atoms with Crippen LogP contribution in [0.4, 0.5) is 5.69 Å². The summed E-state index contributed by atoms with van der Waals surface area (Å²) in [6.07, 6.45) is 0.506. The molecule has 1 atom stereocenters. The number of rotatable bonds is 7. The van der Waals surface area contributed by atoms with Crippen molar-refractivity contribution in [3.63, 3.8) is 0 Å². The van der Waals surface area contributed by atoms with Crippen LogP contribution in [0, 0.1) is 6.92 Å². The number of thiophene rings is 1. The van der Waals surface area contributed by atoms with Gasteiger partial charge in [0.2, 0.25) is 5.91 Å². The molecule has 2 N–H and O–H groups in total. The van der Waals surface area contributed by atoms with Gasteiger partial charge in [-0.1, -0.05) is 49.0 Å². The SMILES string of the molecule is CC[C@@H](Sc1nc2ccsc2c(=O)n1NC(=O)c1ccccc1)C(=O)Nc1cccc(C)c1. The number of benzene rings is 2. The van der Waals surface area contributed by atoms with Crippen LogP contribution in [-0.4, -0.2) is 26.7 Å². The maximum absolute atomic E-state index is 13.2. The van der Waals surface area contributed by atoms with Gasteiger partial charge in [0.15, 0.2) is 5.16 Å². The Morgan fingerprint density at radius 3 is 2.64 bits per heavy atom. The molecule has 0 unspecified atom stereocenters. The second-order valence-electron chi connectivity index (χ2n) is 7.35. The summed E-state index contributed by atoms with van der Waals surface area (Å²) in [6.45, 7) is 3.84. The van der Waals surface area contributed by atoms with Crippen molar-refractivity contribution < 1.29 is 9.59 Å². The van der Waals surface area contributed by atoms with E-state index in [0.29, 0.717) is 27.9 Å². The molecule has 0 saturated carbocycles. The van der Waals surface area contributed by atoms with Gasteiger partial charge in [0.05, 0.1) is 10.8 Å². The van der Waals surface area contributed by atoms with Crippen molar-refractivity contribution in [2.75, 3.05) is 10.7 Å². The number of hydrogen-bond acceptors (Lipinski definition) is 6. The summed E-state index contributed by atoms with van der Waals surface area (Å²) in [6, 6.07) is 17.9. The minimum Gasteiger partial charge on any atom is -0.325 e. The Balaban J connectivity index is 1.65. The monoisotopic (exact) mass is 478 g/mol. The molecule has 0 saturated heterocycles. The van der Waals surface area contributed by atoms with E-state index in [2.05, 4.69) is 15.7 Å². The number of aromatic nitrogens is 2. The Labute approximate surface area is 198 Å². The van der Waals surface area contributed by atoms with Gasteiger partial charge >= 0.3 is 0 Å². The average molecular weight is 479 g/mol. The molecule has 4 rings (SSSR count). The first-order chi connectivity index (χ1) is 16.0. The van der Waals surface area contributed by atoms with Crippen LogP contribution in [0.1, 0.15) is 29.3 Å². The summed E-state index contributed by atoms with van der Waals surface area (Å²) in [5.41, 5.74) is 4.97. The Morgan fingerprint density at radius 2 is 1.91 bits per heavy atom. The molecule has 4 aromatic rings. The van der Waals surface area contributed by atoms with Crippen molar-refractivity contribution in [1.82, 2.24) is 9.66 Å². The molecule has 2 heterocycles. The van der Waals surface area contributed by atoms with Crippen LogP contribution in [0.2, 0.25) is 0 Å². The predicted octanol–water partition coefficient (Wildman–Crippen LogP) is 4.66. The molecule has 7 nitrogen and oxygen atoms in total. The average Bonchev–Trinajstić information content (AvgIpc) is 3.29. The lowest BCUT2D eigenvalue weighted by atomic mass is 10.2. The molecule has 0 aliphatic heterocycles. The highest BCUT2D eigenvalue weighted by Gasteiger charge is 2.23. The fourth-order valence-electron chi connectivity index (χ4n) is 3.22. The van der Waals surface area contributed by atoms with Gasteiger partial charge in [0.25, 0.3) is 11.5 Å². The van der Waals surface area contributed by atoms with Crippen molar-refractivity contribution >= 4 is 50.8 Å². The van der Waals surface area contributed by atoms with E-state index in [1.165, 1.54) is 11.3 Å². The number of amides is 2. The summed E-state index contributed by atoms with van der Waals surface area (Å²) in [4.78, 5) is 43.5. The number of carbonyl (C=O) groups is 2. The predicted molar refractivity (Wildman–Crippen MR) is 134 cm³/mol. The van der Waals surface area contributed by atoms with Crippen LogP contribution < -0.4 is 16.3 Å². The zero-order valence-electron chi connectivity index (χ0n) is 18.1. The highest BCUT2D eigenvalue weighted by atomic mass is 32.2. The zero-order chi connectivity index (χ0) is 23.4. The third kappa shape index (κ3) is 5.15. The van der Waals surface area contributed by atoms with Gasteiger partial charge in [0, 0.05) is 11.3 Å². The smallest absolute Gasteiger partial charge is 0.291 e. The van der Waals surface area contributed by atoms with Crippen LogP contribution in [0.15, 0.2) is 76.0 Å². The first-order valence-corrected chi connectivity index (χ1v) is 12.1. The molecular weight excluding hydrogens is 456 g/mol. The maximum Gasteiger partial charge on any atom is 0.291 e. The number of carbonyl (C=O) groups excluding carboxylic acids is 2. The van der Waals surface area contributed by atoms with E-state index in [4.69, 9.17) is 0 Å². The van der Waals surface area contributed by atoms with Crippen molar-refractivity contribution in [2.45, 2.75) is 30.7 Å². The van der Waals surface area contributed by atoms with Gasteiger partial charge in [-0.15, -0.1) is 11.3 Å². The number of thioether (sulfide) groups is 1. The van der Waals surface area contributed by atoms with Gasteiger partial charge in [-0.05, 0) is 54.6 Å². The Hall–Kier alpha value is -3.43. The van der Waals surface area contributed by atoms with Crippen molar-refractivity contribution in [3.05, 3.63) is 87.5 Å². The van der Waals surface area contributed by atoms with E-state index in [-0.39, 0.29) is 16.6 Å². The molecule has 0 fully saturated rings. The lowest BCUT2D eigenvalue weighted by molar-refractivity contribution is -0.115. The summed E-state index contributed by atoms with van der Waals surface area (Å²) >= 11 is 2.40. The van der Waals surface area contributed by atoms with Crippen LogP contribution in [0.5, 0.6) is 0 Å². The molecule has 0 aliphatic carbocycles. The third-order valence-electron chi connectivity index (χ3n) is 4.89. The third-order valence-corrected chi connectivity index (χ3v) is 7.10. The van der Waals surface area contributed by atoms with Gasteiger partial charge in [-0.3, -0.25) is 19.8 Å². The molecule has 9 heteroatoms. The first-order valence-electron chi connectivity index (χ1n) is 10.4. The minimum atomic E-state index is -0.520. The molecule has 0 radical (unpaired) electrons. The van der Waals surface area contributed by atoms with E-state index in [1.54, 1.807) is 35.7 Å². The first kappa shape index (κ1) is 22.8. The maximum atomic E-state index is 13.2. The Kier molecular flexibility index (Phi) is 6.90. The van der Waals surface area contributed by atoms with E-state index >= 15 is 0 Å². The minimum absolute atomic E-state index is 0.200. The van der Waals surface area contributed by atoms with Crippen molar-refractivity contribution in [1.29, 1.82) is 0 Å². The molecule has 33 heavy (non-hydrogen) atoms. The fraction of sp³-hybridized carbons (Fsp3) is 0.167. The Morgan fingerprint density at radius 1 is 1.12 bits per heavy atom. The number of fused-ring (bicyclic) bond motifs is 1. The standard InChI is InChI=1S/C24H22N4O3S2/c1-3-19(22(30)25-17-11-7-8-15(2)14-17)33-24-26-18-12-13-32-20(18)23(31)28(24)27-21(29)16-9-5-4-6-10-16/h4-14,19H,3H2,1-2H3,(H,25,30)(H,27,29)/t19-/m1/s1. The second-order valence-corrected chi connectivity index (χ2v) is 9.44. The lowest BCUT2D eigenvalue weighted by Crippen LogP contribution is -2.35. The topological polar surface area (TPSA) is 93.1 Å². The van der Waals surface area contributed by atoms with E-state index in [1.807, 2.05) is 44.2 Å². The zero-order valence-corrected chi connectivity index (χ0v) is 19.7. The van der Waals surface area contributed by atoms with Gasteiger partial charge in [0.1, 0.15) is 4.70 Å². The highest BCUT2D eigenvalue weighted by Crippen LogP contribution is 2.27. The molecule has 2 aromatic carbocycles. The van der Waals surface area contributed by atoms with Crippen LogP contribution >= 0.6 is 23.1 Å². The number of aryl methyl sites for hydroxylation is 1. The van der Waals surface area contributed by atoms with E-state index in [0.717, 1.165) is 22.0 Å². The second kappa shape index (κ2) is 10.0. The van der Waals surface area contributed by atoms with Gasteiger partial charge in [-0.25, -0.2) is 4.98 Å². The number of nitrogens with zero attached hydrogens (tertiary/aromatic N) is 2. The van der Waals surface area contributed by atoms with Crippen molar-refractivity contribution in [3.8, 4) is 0 Å². The van der Waals surface area contributed by atoms with E-state index in [9.17, 15) is 14.4 Å². The summed E-state index contributed by atoms with van der Waals surface area (Å²) in [7, 11) is 0. The lowest BCUT2D eigenvalue weighted by Gasteiger charge is -2.18. The summed E-state index contributed by atoms with van der Waals surface area (Å²) in [5.74, 6) is -0.636. The Bertz CT molecular complexity index is 1370. The number of anilines is 1. The molecule has 0 spiro atoms. The van der Waals surface area contributed by atoms with Gasteiger partial charge in [-0.2, -0.15) is 4.68 Å². The van der Waals surface area contributed by atoms with Crippen LogP contribution in [0.3, 0.4) is 0 Å². The molecule has 0 bridgehead atoms. The largest absolute Gasteiger partial charge is 0.325 e. The highest BCUT2D eigenvalue weighted by molar-refractivity contribution is 8.00. The number of hydrogen-bond donors (Lipinski definition) is 2. The summed E-state index contributed by atoms with van der Waals surface area (Å²) < 4.78 is 1.58. The molecule has 0 aliphatic rings. The van der Waals surface area contributed by atoms with Gasteiger partial charge < -0.3 is 5.32 Å². The molecule has 2 aromatic heterocycles. The van der Waals surface area contributed by atoms with E-state index < -0.39 is 11.2 Å². The number of nitrogens with one attached hydrogen (secondary N) is 2. The van der Waals surface area contributed by atoms with Crippen molar-refractivity contribution in [2.24, 2.45) is 0 Å². The fourth-order valence-corrected chi connectivity index (χ4v) is 4.95. The molecule has 168 valence electrons. The molecular formula is C24H22N4O3S2. The van der Waals surface area contributed by atoms with Crippen LogP contribution in [0.25, 0.3) is 10.2 Å². The molecule has 2 amide bonds. The normalized spacial score (nSPS) is 11.8. The quantitative estimate of drug-likeness (QED) is 0.298. The summed E-state index contributed by atoms with van der Waals surface area (Å²) in [5, 5.41) is 4.43.